The molecule has 1 heterocycles. The molecule has 0 radical (unpaired) electrons. The van der Waals surface area contributed by atoms with E-state index in [9.17, 15) is 15.0 Å². The lowest BCUT2D eigenvalue weighted by Crippen LogP contribution is -2.50. The second-order valence-electron chi connectivity index (χ2n) is 6.42. The van der Waals surface area contributed by atoms with Gasteiger partial charge in [0.25, 0.3) is 5.79 Å². The van der Waals surface area contributed by atoms with E-state index >= 15 is 0 Å². The first-order chi connectivity index (χ1) is 12.4. The number of hydrogen-bond acceptors (Lipinski definition) is 6. The number of thiophene rings is 1. The summed E-state index contributed by atoms with van der Waals surface area (Å²) in [6, 6.07) is 2.26. The van der Waals surface area contributed by atoms with Crippen molar-refractivity contribution in [3.05, 3.63) is 21.9 Å². The van der Waals surface area contributed by atoms with E-state index in [-0.39, 0.29) is 0 Å². The average molecular weight is 382 g/mol. The van der Waals surface area contributed by atoms with Crippen LogP contribution in [0.2, 0.25) is 0 Å². The maximum absolute atomic E-state index is 11.3. The molecule has 0 fully saturated rings. The van der Waals surface area contributed by atoms with Crippen LogP contribution in [0, 0.1) is 11.8 Å². The van der Waals surface area contributed by atoms with Gasteiger partial charge in [0.15, 0.2) is 0 Å². The Labute approximate surface area is 160 Å². The smallest absolute Gasteiger partial charge is 0.305 e. The van der Waals surface area contributed by atoms with Gasteiger partial charge in [-0.15, -0.1) is 11.3 Å². The molecule has 146 valence electrons. The maximum atomic E-state index is 11.3. The number of carbonyl (C=O) groups is 1. The molecule has 6 heteroatoms. The highest BCUT2D eigenvalue weighted by Crippen LogP contribution is 2.32. The minimum absolute atomic E-state index is 0.356. The van der Waals surface area contributed by atoms with Gasteiger partial charge in [-0.3, -0.25) is 4.79 Å². The first-order valence-corrected chi connectivity index (χ1v) is 10.1. The van der Waals surface area contributed by atoms with Crippen LogP contribution in [0.3, 0.4) is 0 Å². The van der Waals surface area contributed by atoms with Crippen LogP contribution in [0.4, 0.5) is 0 Å². The van der Waals surface area contributed by atoms with E-state index in [0.29, 0.717) is 4.88 Å². The molecule has 5 nitrogen and oxygen atoms in total. The van der Waals surface area contributed by atoms with Crippen LogP contribution in [-0.4, -0.2) is 28.8 Å². The molecule has 1 aromatic heterocycles. The first-order valence-electron chi connectivity index (χ1n) is 9.31. The third-order valence-corrected chi connectivity index (χ3v) is 5.18. The van der Waals surface area contributed by atoms with Gasteiger partial charge in [0.2, 0.25) is 0 Å². The van der Waals surface area contributed by atoms with Crippen molar-refractivity contribution in [3.63, 3.8) is 0 Å². The Hall–Kier alpha value is -1.39. The predicted molar refractivity (Wildman–Crippen MR) is 105 cm³/mol. The number of unbranched alkanes of at least 4 members (excludes halogenated alkanes) is 7. The Morgan fingerprint density at radius 1 is 1.27 bits per heavy atom. The first kappa shape index (κ1) is 22.7. The Bertz CT molecular complexity index is 604. The van der Waals surface area contributed by atoms with Crippen molar-refractivity contribution in [1.82, 2.24) is 0 Å². The fraction of sp³-hybridized carbons (Fsp3) is 0.650. The molecule has 0 aromatic carbocycles. The van der Waals surface area contributed by atoms with E-state index in [4.69, 9.17) is 10.5 Å². The van der Waals surface area contributed by atoms with Gasteiger partial charge in [-0.05, 0) is 18.6 Å². The Balaban J connectivity index is 2.55. The molecule has 26 heavy (non-hydrogen) atoms. The minimum Gasteiger partial charge on any atom is -0.426 e. The fourth-order valence-electron chi connectivity index (χ4n) is 2.57. The summed E-state index contributed by atoms with van der Waals surface area (Å²) in [7, 11) is 0. The topological polar surface area (TPSA) is 92.8 Å². The van der Waals surface area contributed by atoms with Gasteiger partial charge >= 0.3 is 5.97 Å². The molecule has 0 amide bonds. The van der Waals surface area contributed by atoms with Crippen LogP contribution in [0.5, 0.6) is 0 Å². The summed E-state index contributed by atoms with van der Waals surface area (Å²) < 4.78 is 4.98. The molecule has 0 aliphatic rings. The molecule has 0 aliphatic heterocycles. The third kappa shape index (κ3) is 7.46. The van der Waals surface area contributed by atoms with E-state index in [2.05, 4.69) is 18.8 Å². The van der Waals surface area contributed by atoms with Gasteiger partial charge in [-0.25, -0.2) is 0 Å². The van der Waals surface area contributed by atoms with Crippen LogP contribution >= 0.6 is 11.3 Å². The van der Waals surface area contributed by atoms with Crippen molar-refractivity contribution >= 4 is 17.3 Å². The monoisotopic (exact) mass is 381 g/mol. The molecule has 0 aliphatic carbocycles. The number of esters is 1. The summed E-state index contributed by atoms with van der Waals surface area (Å²) in [4.78, 5) is 12.4. The molecule has 1 aromatic rings. The van der Waals surface area contributed by atoms with Crippen molar-refractivity contribution in [1.29, 1.82) is 0 Å². The molecule has 0 saturated carbocycles. The van der Waals surface area contributed by atoms with Crippen LogP contribution in [0.25, 0.3) is 0 Å². The molecule has 2 unspecified atom stereocenters. The van der Waals surface area contributed by atoms with Crippen LogP contribution in [-0.2, 0) is 15.3 Å². The zero-order valence-electron chi connectivity index (χ0n) is 15.8. The summed E-state index contributed by atoms with van der Waals surface area (Å²) in [6.07, 6.45) is 9.60. The highest BCUT2D eigenvalue weighted by atomic mass is 32.1. The predicted octanol–water partition coefficient (Wildman–Crippen LogP) is 3.27. The fourth-order valence-corrected chi connectivity index (χ4v) is 3.54. The standard InChI is InChI=1S/C20H31NO4S/c1-3-4-5-6-7-8-9-10-11-12-17-13-14-19(26-17)20(24,18(21)15-22)25-16(2)23/h13-14,18,22,24H,3-10,15,21H2,1-2H3. The number of hydrogen-bond donors (Lipinski definition) is 3. The van der Waals surface area contributed by atoms with Crippen LogP contribution < -0.4 is 5.73 Å². The molecular formula is C20H31NO4S. The lowest BCUT2D eigenvalue weighted by Gasteiger charge is -2.30. The van der Waals surface area contributed by atoms with Crippen molar-refractivity contribution in [2.24, 2.45) is 5.73 Å². The van der Waals surface area contributed by atoms with Crippen molar-refractivity contribution in [2.45, 2.75) is 77.0 Å². The Kier molecular flexibility index (Phi) is 10.5. The van der Waals surface area contributed by atoms with Gasteiger partial charge in [0.05, 0.1) is 22.4 Å². The zero-order chi connectivity index (χ0) is 19.4. The maximum Gasteiger partial charge on any atom is 0.305 e. The summed E-state index contributed by atoms with van der Waals surface area (Å²) >= 11 is 1.21. The summed E-state index contributed by atoms with van der Waals surface area (Å²) in [6.45, 7) is 2.89. The van der Waals surface area contributed by atoms with Gasteiger partial charge in [0.1, 0.15) is 0 Å². The number of ether oxygens (including phenoxy) is 1. The van der Waals surface area contributed by atoms with E-state index in [0.717, 1.165) is 17.7 Å². The van der Waals surface area contributed by atoms with E-state index in [1.807, 2.05) is 0 Å². The second kappa shape index (κ2) is 12.1. The third-order valence-electron chi connectivity index (χ3n) is 4.07. The molecule has 0 bridgehead atoms. The van der Waals surface area contributed by atoms with Crippen molar-refractivity contribution < 1.29 is 19.7 Å². The van der Waals surface area contributed by atoms with Crippen molar-refractivity contribution in [3.8, 4) is 11.8 Å². The number of aliphatic hydroxyl groups excluding tert-OH is 1. The molecular weight excluding hydrogens is 350 g/mol. The van der Waals surface area contributed by atoms with Gasteiger partial charge in [-0.2, -0.15) is 0 Å². The van der Waals surface area contributed by atoms with Gasteiger partial charge in [0, 0.05) is 13.3 Å². The number of aliphatic hydroxyl groups is 2. The number of nitrogens with two attached hydrogens (primary N) is 1. The largest absolute Gasteiger partial charge is 0.426 e. The molecule has 0 saturated heterocycles. The van der Waals surface area contributed by atoms with E-state index < -0.39 is 24.4 Å². The number of carbonyl (C=O) groups excluding carboxylic acids is 1. The molecule has 1 rings (SSSR count). The zero-order valence-corrected chi connectivity index (χ0v) is 16.6. The highest BCUT2D eigenvalue weighted by molar-refractivity contribution is 7.12. The lowest BCUT2D eigenvalue weighted by atomic mass is 10.1. The van der Waals surface area contributed by atoms with Gasteiger partial charge < -0.3 is 20.7 Å². The number of rotatable bonds is 11. The van der Waals surface area contributed by atoms with Crippen LogP contribution in [0.1, 0.15) is 75.0 Å². The van der Waals surface area contributed by atoms with Crippen molar-refractivity contribution in [2.75, 3.05) is 6.61 Å². The summed E-state index contributed by atoms with van der Waals surface area (Å²) in [5.74, 6) is 3.51. The summed E-state index contributed by atoms with van der Waals surface area (Å²) in [5, 5.41) is 19.8. The molecule has 0 spiro atoms. The Morgan fingerprint density at radius 3 is 2.54 bits per heavy atom. The second-order valence-corrected chi connectivity index (χ2v) is 7.50. The normalized spacial score (nSPS) is 14.2. The Morgan fingerprint density at radius 2 is 1.92 bits per heavy atom. The van der Waals surface area contributed by atoms with E-state index in [1.165, 1.54) is 56.8 Å². The average Bonchev–Trinajstić information content (AvgIpc) is 3.08. The SMILES string of the molecule is CCCCCCCCCC#Cc1ccc(C(O)(OC(C)=O)C(N)CO)s1. The molecule has 2 atom stereocenters. The molecule has 4 N–H and O–H groups in total. The van der Waals surface area contributed by atoms with Crippen LogP contribution in [0.15, 0.2) is 12.1 Å². The summed E-state index contributed by atoms with van der Waals surface area (Å²) in [5.41, 5.74) is 5.73. The van der Waals surface area contributed by atoms with E-state index in [1.54, 1.807) is 12.1 Å². The minimum atomic E-state index is -2.04. The lowest BCUT2D eigenvalue weighted by molar-refractivity contribution is -0.224. The van der Waals surface area contributed by atoms with Gasteiger partial charge in [-0.1, -0.05) is 57.3 Å². The quantitative estimate of drug-likeness (QED) is 0.237. The highest BCUT2D eigenvalue weighted by Gasteiger charge is 2.41.